The van der Waals surface area contributed by atoms with E-state index in [1.807, 2.05) is 19.2 Å². The number of anilines is 1. The second kappa shape index (κ2) is 8.21. The molecule has 7 heteroatoms. The van der Waals surface area contributed by atoms with E-state index in [2.05, 4.69) is 33.9 Å². The lowest BCUT2D eigenvalue weighted by molar-refractivity contribution is 0.133. The second-order valence-corrected chi connectivity index (χ2v) is 9.05. The molecule has 0 aromatic carbocycles. The van der Waals surface area contributed by atoms with Gasteiger partial charge in [0.2, 0.25) is 0 Å². The molecule has 0 amide bonds. The van der Waals surface area contributed by atoms with Crippen molar-refractivity contribution in [2.45, 2.75) is 50.8 Å². The van der Waals surface area contributed by atoms with Crippen molar-refractivity contribution >= 4 is 5.82 Å². The molecule has 5 rings (SSSR count). The number of likely N-dealkylation sites (tertiary alicyclic amines) is 1. The normalized spacial score (nSPS) is 28.0. The predicted molar refractivity (Wildman–Crippen MR) is 116 cm³/mol. The number of aromatic nitrogens is 3. The number of rotatable bonds is 3. The van der Waals surface area contributed by atoms with E-state index in [1.165, 1.54) is 11.3 Å². The van der Waals surface area contributed by atoms with E-state index in [-0.39, 0.29) is 18.2 Å². The van der Waals surface area contributed by atoms with Gasteiger partial charge in [0.05, 0.1) is 29.6 Å². The maximum Gasteiger partial charge on any atom is 0.132 e. The van der Waals surface area contributed by atoms with Crippen LogP contribution < -0.4 is 4.90 Å². The summed E-state index contributed by atoms with van der Waals surface area (Å²) in [7, 11) is 2.17. The zero-order chi connectivity index (χ0) is 20.7. The summed E-state index contributed by atoms with van der Waals surface area (Å²) in [5.74, 6) is 1.83. The summed E-state index contributed by atoms with van der Waals surface area (Å²) in [5.41, 5.74) is 3.58. The van der Waals surface area contributed by atoms with Gasteiger partial charge >= 0.3 is 0 Å². The number of hydrogen-bond acceptors (Lipinski definition) is 7. The fourth-order valence-corrected chi connectivity index (χ4v) is 5.32. The average molecular weight is 409 g/mol. The van der Waals surface area contributed by atoms with Crippen molar-refractivity contribution in [3.63, 3.8) is 0 Å². The van der Waals surface area contributed by atoms with Crippen molar-refractivity contribution in [3.8, 4) is 0 Å². The standard InChI is InChI=1S/C23H32N6O/c1-16-25-19(14-22(26-16)28-11-9-27(2)10-12-28)21-13-18(30)15-29(21)20-7-3-5-17-6-4-8-24-23(17)20/h4,6,8,14,18,20-21,30H,3,5,7,9-13,15H2,1-2H3/t18-,20+,21-/m1/s1. The number of β-amino-alcohol motifs (C(OH)–C–C–N with tert-alkyl or cyclic N) is 1. The molecule has 0 saturated carbocycles. The van der Waals surface area contributed by atoms with Crippen LogP contribution >= 0.6 is 0 Å². The van der Waals surface area contributed by atoms with Crippen LogP contribution in [0.2, 0.25) is 0 Å². The number of fused-ring (bicyclic) bond motifs is 1. The van der Waals surface area contributed by atoms with Crippen molar-refractivity contribution in [2.75, 3.05) is 44.7 Å². The molecule has 2 aromatic rings. The highest BCUT2D eigenvalue weighted by Gasteiger charge is 2.40. The van der Waals surface area contributed by atoms with Crippen LogP contribution in [0.4, 0.5) is 5.82 Å². The topological polar surface area (TPSA) is 68.6 Å². The van der Waals surface area contributed by atoms with Crippen LogP contribution in [0.1, 0.15) is 54.1 Å². The third-order valence-corrected chi connectivity index (χ3v) is 6.90. The smallest absolute Gasteiger partial charge is 0.132 e. The van der Waals surface area contributed by atoms with E-state index in [0.29, 0.717) is 6.54 Å². The summed E-state index contributed by atoms with van der Waals surface area (Å²) in [6.45, 7) is 6.75. The van der Waals surface area contributed by atoms with E-state index in [1.54, 1.807) is 0 Å². The summed E-state index contributed by atoms with van der Waals surface area (Å²) in [4.78, 5) is 21.5. The molecule has 7 nitrogen and oxygen atoms in total. The number of nitrogens with zero attached hydrogens (tertiary/aromatic N) is 6. The molecule has 0 spiro atoms. The predicted octanol–water partition coefficient (Wildman–Crippen LogP) is 2.12. The number of aliphatic hydroxyl groups excluding tert-OH is 1. The van der Waals surface area contributed by atoms with E-state index >= 15 is 0 Å². The Balaban J connectivity index is 1.46. The van der Waals surface area contributed by atoms with Gasteiger partial charge in [-0.05, 0) is 51.3 Å². The zero-order valence-electron chi connectivity index (χ0n) is 18.0. The molecule has 2 fully saturated rings. The Hall–Kier alpha value is -2.09. The minimum Gasteiger partial charge on any atom is -0.392 e. The van der Waals surface area contributed by atoms with Gasteiger partial charge in [0, 0.05) is 45.0 Å². The van der Waals surface area contributed by atoms with Crippen LogP contribution in [0.15, 0.2) is 24.4 Å². The Kier molecular flexibility index (Phi) is 5.43. The number of hydrogen-bond donors (Lipinski definition) is 1. The molecule has 2 aliphatic heterocycles. The fraction of sp³-hybridized carbons (Fsp3) is 0.609. The van der Waals surface area contributed by atoms with Gasteiger partial charge < -0.3 is 14.9 Å². The highest BCUT2D eigenvalue weighted by Crippen LogP contribution is 2.43. The van der Waals surface area contributed by atoms with E-state index in [0.717, 1.165) is 69.2 Å². The van der Waals surface area contributed by atoms with E-state index < -0.39 is 0 Å². The van der Waals surface area contributed by atoms with Crippen LogP contribution in [0, 0.1) is 6.92 Å². The van der Waals surface area contributed by atoms with Crippen molar-refractivity contribution in [2.24, 2.45) is 0 Å². The lowest BCUT2D eigenvalue weighted by Gasteiger charge is -2.36. The van der Waals surface area contributed by atoms with Crippen LogP contribution in [-0.4, -0.2) is 75.7 Å². The van der Waals surface area contributed by atoms with Gasteiger partial charge in [-0.15, -0.1) is 0 Å². The number of piperazine rings is 1. The van der Waals surface area contributed by atoms with Crippen LogP contribution in [-0.2, 0) is 6.42 Å². The van der Waals surface area contributed by atoms with Crippen molar-refractivity contribution < 1.29 is 5.11 Å². The van der Waals surface area contributed by atoms with E-state index in [9.17, 15) is 5.11 Å². The third-order valence-electron chi connectivity index (χ3n) is 6.90. The maximum atomic E-state index is 10.6. The minimum atomic E-state index is -0.327. The summed E-state index contributed by atoms with van der Waals surface area (Å²) < 4.78 is 0. The molecule has 0 bridgehead atoms. The van der Waals surface area contributed by atoms with Gasteiger partial charge in [-0.25, -0.2) is 9.97 Å². The summed E-state index contributed by atoms with van der Waals surface area (Å²) in [6, 6.07) is 6.76. The minimum absolute atomic E-state index is 0.103. The van der Waals surface area contributed by atoms with Gasteiger partial charge in [-0.2, -0.15) is 0 Å². The second-order valence-electron chi connectivity index (χ2n) is 9.05. The molecule has 2 aromatic heterocycles. The number of aryl methyl sites for hydroxylation is 2. The largest absolute Gasteiger partial charge is 0.392 e. The summed E-state index contributed by atoms with van der Waals surface area (Å²) in [6.07, 6.45) is 5.64. The molecular formula is C23H32N6O. The number of pyridine rings is 1. The lowest BCUT2D eigenvalue weighted by Crippen LogP contribution is -2.45. The first-order valence-electron chi connectivity index (χ1n) is 11.2. The average Bonchev–Trinajstić information content (AvgIpc) is 3.15. The Bertz CT molecular complexity index is 897. The number of aliphatic hydroxyl groups is 1. The molecule has 1 N–H and O–H groups in total. The fourth-order valence-electron chi connectivity index (χ4n) is 5.32. The zero-order valence-corrected chi connectivity index (χ0v) is 18.0. The van der Waals surface area contributed by atoms with Crippen molar-refractivity contribution in [1.29, 1.82) is 0 Å². The first-order valence-corrected chi connectivity index (χ1v) is 11.2. The van der Waals surface area contributed by atoms with Crippen molar-refractivity contribution in [1.82, 2.24) is 24.8 Å². The van der Waals surface area contributed by atoms with Crippen molar-refractivity contribution in [3.05, 3.63) is 47.2 Å². The van der Waals surface area contributed by atoms with Gasteiger partial charge in [0.1, 0.15) is 11.6 Å². The monoisotopic (exact) mass is 408 g/mol. The molecule has 160 valence electrons. The molecular weight excluding hydrogens is 376 g/mol. The molecule has 1 aliphatic carbocycles. The lowest BCUT2D eigenvalue weighted by atomic mass is 9.90. The molecule has 4 heterocycles. The third kappa shape index (κ3) is 3.82. The molecule has 2 saturated heterocycles. The Labute approximate surface area is 178 Å². The van der Waals surface area contributed by atoms with Gasteiger partial charge in [-0.3, -0.25) is 9.88 Å². The summed E-state index contributed by atoms with van der Waals surface area (Å²) >= 11 is 0. The van der Waals surface area contributed by atoms with Gasteiger partial charge in [0.25, 0.3) is 0 Å². The molecule has 0 radical (unpaired) electrons. The Morgan fingerprint density at radius 3 is 2.77 bits per heavy atom. The molecule has 30 heavy (non-hydrogen) atoms. The highest BCUT2D eigenvalue weighted by atomic mass is 16.3. The van der Waals surface area contributed by atoms with Gasteiger partial charge in [0.15, 0.2) is 0 Å². The Morgan fingerprint density at radius 2 is 1.93 bits per heavy atom. The van der Waals surface area contributed by atoms with Crippen LogP contribution in [0.3, 0.4) is 0 Å². The maximum absolute atomic E-state index is 10.6. The van der Waals surface area contributed by atoms with E-state index in [4.69, 9.17) is 15.0 Å². The van der Waals surface area contributed by atoms with Crippen LogP contribution in [0.25, 0.3) is 0 Å². The van der Waals surface area contributed by atoms with Crippen LogP contribution in [0.5, 0.6) is 0 Å². The quantitative estimate of drug-likeness (QED) is 0.834. The number of likely N-dealkylation sites (N-methyl/N-ethyl adjacent to an activating group) is 1. The molecule has 0 unspecified atom stereocenters. The Morgan fingerprint density at radius 1 is 1.10 bits per heavy atom. The summed E-state index contributed by atoms with van der Waals surface area (Å²) in [5, 5.41) is 10.6. The van der Waals surface area contributed by atoms with Gasteiger partial charge in [-0.1, -0.05) is 6.07 Å². The SMILES string of the molecule is Cc1nc([C@H]2C[C@@H](O)CN2[C@H]2CCCc3cccnc32)cc(N2CCN(C)CC2)n1. The first kappa shape index (κ1) is 19.8. The molecule has 3 aliphatic rings. The molecule has 3 atom stereocenters. The first-order chi connectivity index (χ1) is 14.6. The highest BCUT2D eigenvalue weighted by molar-refractivity contribution is 5.41.